The second-order valence-electron chi connectivity index (χ2n) is 4.70. The van der Waals surface area contributed by atoms with Gasteiger partial charge in [-0.15, -0.1) is 0 Å². The van der Waals surface area contributed by atoms with Crippen molar-refractivity contribution in [3.8, 4) is 11.4 Å². The lowest BCUT2D eigenvalue weighted by molar-refractivity contribution is -0.670. The van der Waals surface area contributed by atoms with Crippen LogP contribution >= 0.6 is 11.3 Å². The normalized spacial score (nSPS) is 13.1. The molecule has 90 valence electrons. The van der Waals surface area contributed by atoms with Gasteiger partial charge >= 0.3 is 0 Å². The van der Waals surface area contributed by atoms with Gasteiger partial charge in [-0.1, -0.05) is 11.3 Å². The molecule has 0 saturated heterocycles. The van der Waals surface area contributed by atoms with Crippen molar-refractivity contribution in [2.45, 2.75) is 6.54 Å². The number of pyridine rings is 2. The van der Waals surface area contributed by atoms with Crippen LogP contribution in [0, 0.1) is 0 Å². The Morgan fingerprint density at radius 3 is 3.26 bits per heavy atom. The first-order chi connectivity index (χ1) is 9.42. The highest BCUT2D eigenvalue weighted by Crippen LogP contribution is 2.33. The minimum atomic E-state index is 0.868. The SMILES string of the molecule is c1cnc2c(c1)-c1n3c(c[n+]1C2)sc1cnccc13. The molecule has 0 fully saturated rings. The van der Waals surface area contributed by atoms with E-state index in [2.05, 4.69) is 37.3 Å². The first-order valence-corrected chi connectivity index (χ1v) is 6.95. The van der Waals surface area contributed by atoms with Crippen molar-refractivity contribution >= 4 is 26.4 Å². The average molecular weight is 265 g/mol. The van der Waals surface area contributed by atoms with Crippen molar-refractivity contribution in [1.29, 1.82) is 0 Å². The van der Waals surface area contributed by atoms with Crippen molar-refractivity contribution in [2.24, 2.45) is 0 Å². The molecule has 0 aromatic carbocycles. The van der Waals surface area contributed by atoms with Gasteiger partial charge in [-0.05, 0) is 12.1 Å². The Bertz CT molecular complexity index is 951. The highest BCUT2D eigenvalue weighted by molar-refractivity contribution is 7.23. The van der Waals surface area contributed by atoms with Crippen LogP contribution in [0.5, 0.6) is 0 Å². The first-order valence-electron chi connectivity index (χ1n) is 6.13. The molecular formula is C14H9N4S+. The van der Waals surface area contributed by atoms with Gasteiger partial charge < -0.3 is 0 Å². The lowest BCUT2D eigenvalue weighted by Crippen LogP contribution is -2.29. The third-order valence-corrected chi connectivity index (χ3v) is 4.67. The van der Waals surface area contributed by atoms with E-state index in [4.69, 9.17) is 0 Å². The highest BCUT2D eigenvalue weighted by atomic mass is 32.1. The molecule has 0 aliphatic carbocycles. The van der Waals surface area contributed by atoms with E-state index in [0.29, 0.717) is 0 Å². The summed E-state index contributed by atoms with van der Waals surface area (Å²) in [4.78, 5) is 9.93. The van der Waals surface area contributed by atoms with Crippen LogP contribution in [0.15, 0.2) is 43.0 Å². The van der Waals surface area contributed by atoms with Crippen LogP contribution < -0.4 is 4.57 Å². The molecule has 5 rings (SSSR count). The molecule has 4 aromatic rings. The summed E-state index contributed by atoms with van der Waals surface area (Å²) in [5, 5.41) is 0. The molecule has 0 saturated carbocycles. The van der Waals surface area contributed by atoms with Crippen molar-refractivity contribution in [2.75, 3.05) is 0 Å². The summed E-state index contributed by atoms with van der Waals surface area (Å²) in [6.45, 7) is 0.868. The van der Waals surface area contributed by atoms with Gasteiger partial charge in [0, 0.05) is 24.7 Å². The summed E-state index contributed by atoms with van der Waals surface area (Å²) in [7, 11) is 0. The fourth-order valence-electron chi connectivity index (χ4n) is 2.86. The van der Waals surface area contributed by atoms with Crippen molar-refractivity contribution < 1.29 is 4.57 Å². The van der Waals surface area contributed by atoms with E-state index in [0.717, 1.165) is 12.2 Å². The molecule has 0 radical (unpaired) electrons. The maximum absolute atomic E-state index is 4.47. The van der Waals surface area contributed by atoms with Gasteiger partial charge in [-0.3, -0.25) is 9.97 Å². The molecule has 0 N–H and O–H groups in total. The monoisotopic (exact) mass is 265 g/mol. The van der Waals surface area contributed by atoms with Crippen LogP contribution in [0.25, 0.3) is 26.4 Å². The molecule has 5 heterocycles. The summed E-state index contributed by atoms with van der Waals surface area (Å²) >= 11 is 1.78. The van der Waals surface area contributed by atoms with Crippen molar-refractivity contribution in [1.82, 2.24) is 14.4 Å². The largest absolute Gasteiger partial charge is 0.297 e. The maximum atomic E-state index is 4.47. The number of thiazole rings is 1. The van der Waals surface area contributed by atoms with Crippen LogP contribution in [0.3, 0.4) is 0 Å². The molecule has 1 aliphatic heterocycles. The minimum absolute atomic E-state index is 0.868. The summed E-state index contributed by atoms with van der Waals surface area (Å²) in [6.07, 6.45) is 7.86. The van der Waals surface area contributed by atoms with Crippen molar-refractivity contribution in [3.05, 3.63) is 48.7 Å². The number of hydrogen-bond acceptors (Lipinski definition) is 3. The molecule has 1 aliphatic rings. The maximum Gasteiger partial charge on any atom is 0.297 e. The predicted octanol–water partition coefficient (Wildman–Crippen LogP) is 2.26. The highest BCUT2D eigenvalue weighted by Gasteiger charge is 2.32. The number of aromatic nitrogens is 4. The van der Waals surface area contributed by atoms with E-state index in [1.807, 2.05) is 24.7 Å². The third kappa shape index (κ3) is 1.11. The third-order valence-electron chi connectivity index (χ3n) is 3.64. The van der Waals surface area contributed by atoms with E-state index in [1.165, 1.54) is 26.4 Å². The molecule has 0 atom stereocenters. The number of imidazole rings is 1. The van der Waals surface area contributed by atoms with E-state index in [1.54, 1.807) is 11.3 Å². The quantitative estimate of drug-likeness (QED) is 0.402. The predicted molar refractivity (Wildman–Crippen MR) is 73.1 cm³/mol. The van der Waals surface area contributed by atoms with Crippen LogP contribution in [-0.2, 0) is 6.54 Å². The van der Waals surface area contributed by atoms with Crippen LogP contribution in [0.4, 0.5) is 0 Å². The summed E-state index contributed by atoms with van der Waals surface area (Å²) in [6, 6.07) is 6.23. The Morgan fingerprint density at radius 1 is 1.26 bits per heavy atom. The molecule has 0 bridgehead atoms. The Hall–Kier alpha value is -2.27. The van der Waals surface area contributed by atoms with Crippen LogP contribution in [-0.4, -0.2) is 14.4 Å². The number of rotatable bonds is 0. The lowest BCUT2D eigenvalue weighted by atomic mass is 10.2. The van der Waals surface area contributed by atoms with E-state index < -0.39 is 0 Å². The summed E-state index contributed by atoms with van der Waals surface area (Å²) in [5.74, 6) is 1.23. The lowest BCUT2D eigenvalue weighted by Gasteiger charge is -1.92. The standard InChI is InChI=1S/C14H9N4S/c1-2-9-10(16-4-1)7-17-8-13-18(14(9)17)11-3-5-15-6-12(11)19-13/h1-6,8H,7H2/q+1. The molecule has 0 spiro atoms. The summed E-state index contributed by atoms with van der Waals surface area (Å²) < 4.78 is 5.82. The van der Waals surface area contributed by atoms with Gasteiger partial charge in [0.2, 0.25) is 4.83 Å². The smallest absolute Gasteiger partial charge is 0.263 e. The molecule has 4 nitrogen and oxygen atoms in total. The molecule has 5 heteroatoms. The molecule has 19 heavy (non-hydrogen) atoms. The molecule has 4 aromatic heterocycles. The second kappa shape index (κ2) is 3.19. The van der Waals surface area contributed by atoms with E-state index in [-0.39, 0.29) is 0 Å². The van der Waals surface area contributed by atoms with E-state index >= 15 is 0 Å². The van der Waals surface area contributed by atoms with Gasteiger partial charge in [0.05, 0.1) is 16.0 Å². The Morgan fingerprint density at radius 2 is 2.26 bits per heavy atom. The average Bonchev–Trinajstić information content (AvgIpc) is 3.04. The van der Waals surface area contributed by atoms with Gasteiger partial charge in [-0.2, -0.15) is 4.40 Å². The second-order valence-corrected chi connectivity index (χ2v) is 5.76. The minimum Gasteiger partial charge on any atom is -0.263 e. The Balaban J connectivity index is 2.00. The summed E-state index contributed by atoms with van der Waals surface area (Å²) in [5.41, 5.74) is 3.61. The molecule has 0 unspecified atom stereocenters. The zero-order chi connectivity index (χ0) is 12.4. The van der Waals surface area contributed by atoms with E-state index in [9.17, 15) is 0 Å². The molecule has 0 amide bonds. The number of hydrogen-bond donors (Lipinski definition) is 0. The fourth-order valence-corrected chi connectivity index (χ4v) is 3.92. The Labute approximate surface area is 112 Å². The van der Waals surface area contributed by atoms with Crippen LogP contribution in [0.2, 0.25) is 0 Å². The molecular weight excluding hydrogens is 256 g/mol. The number of nitrogens with zero attached hydrogens (tertiary/aromatic N) is 4. The fraction of sp³-hybridized carbons (Fsp3) is 0.0714. The topological polar surface area (TPSA) is 34.1 Å². The zero-order valence-corrected chi connectivity index (χ0v) is 10.8. The van der Waals surface area contributed by atoms with Gasteiger partial charge in [0.15, 0.2) is 5.52 Å². The van der Waals surface area contributed by atoms with Gasteiger partial charge in [-0.25, -0.2) is 4.57 Å². The number of fused-ring (bicyclic) bond motifs is 7. The Kier molecular flexibility index (Phi) is 1.62. The zero-order valence-electron chi connectivity index (χ0n) is 9.95. The first kappa shape index (κ1) is 9.63. The van der Waals surface area contributed by atoms with Crippen molar-refractivity contribution in [3.63, 3.8) is 0 Å². The van der Waals surface area contributed by atoms with Gasteiger partial charge in [0.25, 0.3) is 5.82 Å². The van der Waals surface area contributed by atoms with Gasteiger partial charge in [0.1, 0.15) is 12.7 Å². The van der Waals surface area contributed by atoms with Crippen LogP contribution in [0.1, 0.15) is 5.69 Å².